The lowest BCUT2D eigenvalue weighted by molar-refractivity contribution is -0.117. The molecule has 1 saturated carbocycles. The number of fused-ring (bicyclic) bond motifs is 2. The van der Waals surface area contributed by atoms with Crippen molar-refractivity contribution >= 4 is 22.6 Å². The first kappa shape index (κ1) is 33.3. The topological polar surface area (TPSA) is 122 Å². The number of morpholine rings is 1. The van der Waals surface area contributed by atoms with Crippen molar-refractivity contribution in [2.24, 2.45) is 5.41 Å². The summed E-state index contributed by atoms with van der Waals surface area (Å²) in [6, 6.07) is 2.49. The second-order valence-corrected chi connectivity index (χ2v) is 13.4. The minimum atomic E-state index is -0.805. The fraction of sp³-hybridized carbons (Fsp3) is 0.500. The molecule has 3 fully saturated rings. The van der Waals surface area contributed by atoms with Crippen LogP contribution in [0, 0.1) is 29.4 Å². The fourth-order valence-corrected chi connectivity index (χ4v) is 7.24. The normalized spacial score (nSPS) is 23.6. The van der Waals surface area contributed by atoms with Crippen LogP contribution in [0.4, 0.5) is 14.6 Å². The van der Waals surface area contributed by atoms with Gasteiger partial charge in [-0.1, -0.05) is 18.6 Å². The zero-order valence-electron chi connectivity index (χ0n) is 27.3. The Kier molecular flexibility index (Phi) is 9.48. The summed E-state index contributed by atoms with van der Waals surface area (Å²) in [5, 5.41) is 14.0. The lowest BCUT2D eigenvalue weighted by Gasteiger charge is -2.31. The number of aliphatic hydroxyl groups is 1. The molecule has 3 aromatic rings. The van der Waals surface area contributed by atoms with Crippen LogP contribution in [-0.4, -0.2) is 109 Å². The van der Waals surface area contributed by atoms with Gasteiger partial charge < -0.3 is 29.5 Å². The Morgan fingerprint density at radius 3 is 2.76 bits per heavy atom. The third-order valence-corrected chi connectivity index (χ3v) is 9.97. The number of ether oxygens (including phenoxy) is 3. The summed E-state index contributed by atoms with van der Waals surface area (Å²) in [6.07, 6.45) is 10.0. The van der Waals surface area contributed by atoms with Gasteiger partial charge in [0.1, 0.15) is 17.2 Å². The molecule has 0 spiro atoms. The smallest absolute Gasteiger partial charge is 0.319 e. The number of aliphatic hydroxyl groups excluding tert-OH is 1. The van der Waals surface area contributed by atoms with E-state index in [9.17, 15) is 14.3 Å². The maximum absolute atomic E-state index is 16.9. The van der Waals surface area contributed by atoms with E-state index in [0.29, 0.717) is 61.8 Å². The molecule has 258 valence electrons. The van der Waals surface area contributed by atoms with Gasteiger partial charge in [0.2, 0.25) is 5.91 Å². The number of carbonyl (C=O) groups is 1. The fourth-order valence-electron chi connectivity index (χ4n) is 7.24. The number of pyridine rings is 1. The summed E-state index contributed by atoms with van der Waals surface area (Å²) in [4.78, 5) is 30.4. The number of carbonyl (C=O) groups excluding carboxylic acids is 1. The van der Waals surface area contributed by atoms with Crippen LogP contribution in [0.5, 0.6) is 6.01 Å². The number of hydrogen-bond acceptors (Lipinski definition) is 10. The largest absolute Gasteiger partial charge is 0.463 e. The van der Waals surface area contributed by atoms with Gasteiger partial charge in [0.15, 0.2) is 5.82 Å². The second-order valence-electron chi connectivity index (χ2n) is 13.4. The van der Waals surface area contributed by atoms with Crippen molar-refractivity contribution < 1.29 is 32.9 Å². The molecule has 0 radical (unpaired) electrons. The Morgan fingerprint density at radius 1 is 1.20 bits per heavy atom. The molecule has 1 aromatic carbocycles. The number of amides is 1. The summed E-state index contributed by atoms with van der Waals surface area (Å²) >= 11 is 0. The van der Waals surface area contributed by atoms with Crippen molar-refractivity contribution in [3.05, 3.63) is 65.0 Å². The molecule has 11 nitrogen and oxygen atoms in total. The zero-order valence-corrected chi connectivity index (χ0v) is 27.3. The molecule has 3 atom stereocenters. The third-order valence-electron chi connectivity index (χ3n) is 9.97. The molecule has 2 N–H and O–H groups in total. The number of anilines is 1. The number of nitrogens with zero attached hydrogens (tertiary/aromatic N) is 5. The van der Waals surface area contributed by atoms with Crippen LogP contribution in [0.25, 0.3) is 10.9 Å². The first-order valence-electron chi connectivity index (χ1n) is 16.8. The molecule has 49 heavy (non-hydrogen) atoms. The Labute approximate surface area is 283 Å². The number of aromatic nitrogens is 3. The molecule has 7 rings (SSSR count). The molecule has 1 amide bonds. The van der Waals surface area contributed by atoms with Gasteiger partial charge in [0, 0.05) is 50.3 Å². The van der Waals surface area contributed by atoms with E-state index < -0.39 is 23.7 Å². The quantitative estimate of drug-likeness (QED) is 0.259. The van der Waals surface area contributed by atoms with Crippen molar-refractivity contribution in [1.82, 2.24) is 25.2 Å². The van der Waals surface area contributed by atoms with Gasteiger partial charge in [0.05, 0.1) is 61.8 Å². The number of halogens is 2. The molecule has 4 heterocycles. The van der Waals surface area contributed by atoms with Gasteiger partial charge in [-0.05, 0) is 49.0 Å². The highest BCUT2D eigenvalue weighted by Crippen LogP contribution is 2.47. The molecule has 2 unspecified atom stereocenters. The molecular weight excluding hydrogens is 634 g/mol. The van der Waals surface area contributed by atoms with Crippen molar-refractivity contribution in [2.75, 3.05) is 70.7 Å². The van der Waals surface area contributed by atoms with Gasteiger partial charge >= 0.3 is 6.01 Å². The van der Waals surface area contributed by atoms with Crippen LogP contribution in [0.2, 0.25) is 0 Å². The summed E-state index contributed by atoms with van der Waals surface area (Å²) in [6.45, 7) is 9.26. The number of benzene rings is 1. The van der Waals surface area contributed by atoms with Crippen LogP contribution in [0.3, 0.4) is 0 Å². The van der Waals surface area contributed by atoms with E-state index >= 15 is 4.39 Å². The third kappa shape index (κ3) is 6.96. The minimum absolute atomic E-state index is 0.00602. The van der Waals surface area contributed by atoms with E-state index in [1.807, 2.05) is 4.90 Å². The highest BCUT2D eigenvalue weighted by atomic mass is 19.1. The van der Waals surface area contributed by atoms with Gasteiger partial charge in [-0.25, -0.2) is 8.78 Å². The van der Waals surface area contributed by atoms with Crippen LogP contribution < -0.4 is 15.0 Å². The summed E-state index contributed by atoms with van der Waals surface area (Å²) in [5.41, 5.74) is 1.08. The van der Waals surface area contributed by atoms with Gasteiger partial charge in [-0.15, -0.1) is 6.42 Å². The average Bonchev–Trinajstić information content (AvgIpc) is 3.91. The Morgan fingerprint density at radius 2 is 2.00 bits per heavy atom. The van der Waals surface area contributed by atoms with Crippen molar-refractivity contribution in [1.29, 1.82) is 0 Å². The Balaban J connectivity index is 1.28. The predicted molar refractivity (Wildman–Crippen MR) is 177 cm³/mol. The lowest BCUT2D eigenvalue weighted by Crippen LogP contribution is -2.44. The predicted octanol–water partition coefficient (Wildman–Crippen LogP) is 2.72. The molecule has 13 heteroatoms. The maximum Gasteiger partial charge on any atom is 0.319 e. The van der Waals surface area contributed by atoms with E-state index in [1.165, 1.54) is 18.3 Å². The first-order chi connectivity index (χ1) is 23.8. The van der Waals surface area contributed by atoms with E-state index in [1.54, 1.807) is 6.07 Å². The number of terminal acetylenes is 1. The number of rotatable bonds is 9. The summed E-state index contributed by atoms with van der Waals surface area (Å²) in [7, 11) is 0. The van der Waals surface area contributed by atoms with Crippen LogP contribution in [-0.2, 0) is 20.7 Å². The van der Waals surface area contributed by atoms with E-state index in [2.05, 4.69) is 32.7 Å². The monoisotopic (exact) mass is 674 g/mol. The van der Waals surface area contributed by atoms with Gasteiger partial charge in [0.25, 0.3) is 0 Å². The van der Waals surface area contributed by atoms with Crippen LogP contribution in [0.1, 0.15) is 47.6 Å². The number of hydrogen-bond donors (Lipinski definition) is 2. The van der Waals surface area contributed by atoms with E-state index in [0.717, 1.165) is 32.5 Å². The zero-order chi connectivity index (χ0) is 34.1. The number of nitrogens with one attached hydrogen (secondary N) is 1. The minimum Gasteiger partial charge on any atom is -0.463 e. The lowest BCUT2D eigenvalue weighted by atomic mass is 9.77. The molecule has 2 saturated heterocycles. The highest BCUT2D eigenvalue weighted by molar-refractivity contribution is 5.90. The highest BCUT2D eigenvalue weighted by Gasteiger charge is 2.45. The van der Waals surface area contributed by atoms with E-state index in [4.69, 9.17) is 25.6 Å². The average molecular weight is 675 g/mol. The van der Waals surface area contributed by atoms with Gasteiger partial charge in [-0.2, -0.15) is 9.97 Å². The Hall–Kier alpha value is -4.22. The SMILES string of the molecule is C#Cc1c(F)ccc2c1C(c1ncc3c(N4CCOC[C@H](NC(=O)C=C)C4)nc(OCC4(CN5CCOCC5)CC4)nc3c1F)CC(O)C2. The molecule has 2 aromatic heterocycles. The summed E-state index contributed by atoms with van der Waals surface area (Å²) in [5.74, 6) is 0.371. The van der Waals surface area contributed by atoms with Crippen molar-refractivity contribution in [3.8, 4) is 18.4 Å². The maximum atomic E-state index is 16.9. The molecular formula is C36H40F2N6O5. The molecule has 2 aliphatic carbocycles. The second kappa shape index (κ2) is 14.0. The summed E-state index contributed by atoms with van der Waals surface area (Å²) < 4.78 is 49.4. The van der Waals surface area contributed by atoms with Crippen molar-refractivity contribution in [2.45, 2.75) is 43.7 Å². The molecule has 2 aliphatic heterocycles. The Bertz CT molecular complexity index is 1790. The van der Waals surface area contributed by atoms with E-state index in [-0.39, 0.29) is 59.6 Å². The molecule has 0 bridgehead atoms. The molecule has 4 aliphatic rings. The van der Waals surface area contributed by atoms with Gasteiger partial charge in [-0.3, -0.25) is 14.7 Å². The standard InChI is InChI=1S/C36H40F2N6O5/c1-3-25-28(37)6-5-22-15-24(45)16-26(30(22)25)32-31(38)33-27(17-39-32)34(44-11-14-48-19-23(18-44)40-29(46)4-2)42-35(41-33)49-21-36(7-8-36)20-43-9-12-47-13-10-43/h1,4-6,17,23-24,26,45H,2,7-16,18-21H2,(H,40,46)/t23-,24?,26?/m1/s1. The van der Waals surface area contributed by atoms with Crippen LogP contribution >= 0.6 is 0 Å². The first-order valence-corrected chi connectivity index (χ1v) is 16.8. The van der Waals surface area contributed by atoms with Crippen LogP contribution in [0.15, 0.2) is 31.0 Å². The van der Waals surface area contributed by atoms with Crippen molar-refractivity contribution in [3.63, 3.8) is 0 Å².